The summed E-state index contributed by atoms with van der Waals surface area (Å²) < 4.78 is 14.7. The van der Waals surface area contributed by atoms with Crippen molar-refractivity contribution in [3.05, 3.63) is 22.4 Å². The molecule has 0 amide bonds. The molecule has 2 atom stereocenters. The fraction of sp³-hybridized carbons (Fsp3) is 0.600. The summed E-state index contributed by atoms with van der Waals surface area (Å²) in [7, 11) is -0.997. The van der Waals surface area contributed by atoms with Gasteiger partial charge in [-0.15, -0.1) is 0 Å². The van der Waals surface area contributed by atoms with Gasteiger partial charge in [-0.25, -0.2) is 8.93 Å². The first-order valence-corrected chi connectivity index (χ1v) is 6.70. The van der Waals surface area contributed by atoms with E-state index in [2.05, 4.69) is 16.2 Å². The minimum Gasteiger partial charge on any atom is -0.242 e. The summed E-state index contributed by atoms with van der Waals surface area (Å²) in [6.07, 6.45) is 0. The van der Waals surface area contributed by atoms with Gasteiger partial charge in [-0.3, -0.25) is 0 Å². The third-order valence-corrected chi connectivity index (χ3v) is 4.26. The first-order chi connectivity index (χ1) is 6.41. The smallest absolute Gasteiger partial charge is 0.0975 e. The number of rotatable bonds is 3. The van der Waals surface area contributed by atoms with Crippen LogP contribution >= 0.6 is 11.3 Å². The van der Waals surface area contributed by atoms with E-state index in [1.165, 1.54) is 5.56 Å². The van der Waals surface area contributed by atoms with E-state index in [1.54, 1.807) is 11.3 Å². The highest BCUT2D eigenvalue weighted by Crippen LogP contribution is 2.18. The predicted molar refractivity (Wildman–Crippen MR) is 63.8 cm³/mol. The van der Waals surface area contributed by atoms with Crippen molar-refractivity contribution >= 4 is 22.3 Å². The molecule has 1 heterocycles. The van der Waals surface area contributed by atoms with Gasteiger partial charge < -0.3 is 0 Å². The van der Waals surface area contributed by atoms with Crippen LogP contribution in [-0.4, -0.2) is 8.96 Å². The van der Waals surface area contributed by atoms with Crippen LogP contribution in [0.25, 0.3) is 0 Å². The van der Waals surface area contributed by atoms with Gasteiger partial charge >= 0.3 is 0 Å². The molecule has 0 bridgehead atoms. The second kappa shape index (κ2) is 4.55. The van der Waals surface area contributed by atoms with E-state index in [9.17, 15) is 4.21 Å². The van der Waals surface area contributed by atoms with E-state index in [1.807, 2.05) is 33.1 Å². The molecule has 1 aromatic heterocycles. The molecule has 0 radical (unpaired) electrons. The van der Waals surface area contributed by atoms with Crippen LogP contribution in [0, 0.1) is 0 Å². The molecule has 1 unspecified atom stereocenters. The lowest BCUT2D eigenvalue weighted by molar-refractivity contribution is 0.616. The fourth-order valence-corrected chi connectivity index (χ4v) is 2.49. The van der Waals surface area contributed by atoms with Crippen molar-refractivity contribution in [1.82, 2.24) is 4.72 Å². The second-order valence-corrected chi connectivity index (χ2v) is 7.06. The predicted octanol–water partition coefficient (Wildman–Crippen LogP) is 2.86. The average Bonchev–Trinajstić information content (AvgIpc) is 2.53. The Hall–Kier alpha value is -0.190. The van der Waals surface area contributed by atoms with Crippen molar-refractivity contribution in [3.8, 4) is 0 Å². The molecule has 0 aliphatic heterocycles. The summed E-state index contributed by atoms with van der Waals surface area (Å²) in [5.41, 5.74) is 1.20. The average molecular weight is 231 g/mol. The summed E-state index contributed by atoms with van der Waals surface area (Å²) >= 11 is 1.66. The minimum atomic E-state index is -0.997. The molecular formula is C10H17NOS2. The van der Waals surface area contributed by atoms with E-state index < -0.39 is 11.0 Å². The van der Waals surface area contributed by atoms with Crippen molar-refractivity contribution in [2.24, 2.45) is 0 Å². The SMILES string of the molecule is C[C@H](NS(=O)C(C)(C)C)c1ccsc1. The van der Waals surface area contributed by atoms with Gasteiger partial charge in [0.2, 0.25) is 0 Å². The molecule has 0 aliphatic rings. The first-order valence-electron chi connectivity index (χ1n) is 4.61. The maximum atomic E-state index is 11.8. The molecule has 0 saturated carbocycles. The zero-order chi connectivity index (χ0) is 10.8. The standard InChI is InChI=1S/C10H17NOS2/c1-8(9-5-6-13-7-9)11-14(12)10(2,3)4/h5-8,11H,1-4H3/t8-,14?/m0/s1. The maximum absolute atomic E-state index is 11.8. The normalized spacial score (nSPS) is 16.6. The molecule has 80 valence electrons. The summed E-state index contributed by atoms with van der Waals surface area (Å²) in [4.78, 5) is 0. The number of hydrogen-bond acceptors (Lipinski definition) is 2. The molecule has 1 rings (SSSR count). The molecule has 4 heteroatoms. The zero-order valence-electron chi connectivity index (χ0n) is 9.03. The Morgan fingerprint density at radius 3 is 2.57 bits per heavy atom. The Morgan fingerprint density at radius 2 is 2.14 bits per heavy atom. The van der Waals surface area contributed by atoms with Gasteiger partial charge in [0.15, 0.2) is 0 Å². The number of hydrogen-bond donors (Lipinski definition) is 1. The van der Waals surface area contributed by atoms with Crippen molar-refractivity contribution in [2.45, 2.75) is 38.5 Å². The minimum absolute atomic E-state index is 0.154. The molecule has 0 aromatic carbocycles. The quantitative estimate of drug-likeness (QED) is 0.851. The molecule has 1 aromatic rings. The van der Waals surface area contributed by atoms with Crippen LogP contribution in [0.3, 0.4) is 0 Å². The van der Waals surface area contributed by atoms with Crippen molar-refractivity contribution < 1.29 is 4.21 Å². The second-order valence-electron chi connectivity index (χ2n) is 4.28. The summed E-state index contributed by atoms with van der Waals surface area (Å²) in [5, 5.41) is 4.12. The van der Waals surface area contributed by atoms with Crippen molar-refractivity contribution in [1.29, 1.82) is 0 Å². The lowest BCUT2D eigenvalue weighted by atomic mass is 10.2. The van der Waals surface area contributed by atoms with Crippen LogP contribution in [0.1, 0.15) is 39.3 Å². The number of thiophene rings is 1. The van der Waals surface area contributed by atoms with E-state index in [0.29, 0.717) is 0 Å². The van der Waals surface area contributed by atoms with Crippen LogP contribution in [0.2, 0.25) is 0 Å². The third kappa shape index (κ3) is 3.19. The van der Waals surface area contributed by atoms with Gasteiger partial charge in [0.1, 0.15) is 0 Å². The Balaban J connectivity index is 2.58. The monoisotopic (exact) mass is 231 g/mol. The van der Waals surface area contributed by atoms with Gasteiger partial charge in [-0.05, 0) is 50.1 Å². The van der Waals surface area contributed by atoms with Crippen LogP contribution in [0.5, 0.6) is 0 Å². The Bertz CT molecular complexity index is 300. The molecular weight excluding hydrogens is 214 g/mol. The van der Waals surface area contributed by atoms with E-state index in [-0.39, 0.29) is 10.8 Å². The van der Waals surface area contributed by atoms with Gasteiger partial charge in [-0.2, -0.15) is 11.3 Å². The largest absolute Gasteiger partial charge is 0.242 e. The van der Waals surface area contributed by atoms with E-state index in [0.717, 1.165) is 0 Å². The summed E-state index contributed by atoms with van der Waals surface area (Å²) in [5.74, 6) is 0. The lowest BCUT2D eigenvalue weighted by Crippen LogP contribution is -2.34. The molecule has 1 N–H and O–H groups in total. The fourth-order valence-electron chi connectivity index (χ4n) is 0.927. The molecule has 2 nitrogen and oxygen atoms in total. The third-order valence-electron chi connectivity index (χ3n) is 1.88. The Morgan fingerprint density at radius 1 is 1.50 bits per heavy atom. The highest BCUT2D eigenvalue weighted by atomic mass is 32.2. The van der Waals surface area contributed by atoms with Gasteiger partial charge in [0.05, 0.1) is 15.7 Å². The molecule has 0 spiro atoms. The molecule has 0 aliphatic carbocycles. The van der Waals surface area contributed by atoms with Crippen LogP contribution in [0.4, 0.5) is 0 Å². The first kappa shape index (κ1) is 11.9. The maximum Gasteiger partial charge on any atom is 0.0975 e. The molecule has 0 fully saturated rings. The van der Waals surface area contributed by atoms with Crippen LogP contribution in [0.15, 0.2) is 16.8 Å². The van der Waals surface area contributed by atoms with E-state index in [4.69, 9.17) is 0 Å². The van der Waals surface area contributed by atoms with Crippen LogP contribution in [-0.2, 0) is 11.0 Å². The molecule has 14 heavy (non-hydrogen) atoms. The summed E-state index contributed by atoms with van der Waals surface area (Å²) in [6.45, 7) is 7.94. The van der Waals surface area contributed by atoms with Crippen LogP contribution < -0.4 is 4.72 Å². The van der Waals surface area contributed by atoms with Gasteiger partial charge in [0.25, 0.3) is 0 Å². The number of nitrogens with one attached hydrogen (secondary N) is 1. The molecule has 0 saturated heterocycles. The Kier molecular flexibility index (Phi) is 3.86. The van der Waals surface area contributed by atoms with Gasteiger partial charge in [0, 0.05) is 6.04 Å². The Labute approximate surface area is 92.3 Å². The lowest BCUT2D eigenvalue weighted by Gasteiger charge is -2.21. The van der Waals surface area contributed by atoms with Crippen molar-refractivity contribution in [2.75, 3.05) is 0 Å². The van der Waals surface area contributed by atoms with E-state index >= 15 is 0 Å². The highest BCUT2D eigenvalue weighted by molar-refractivity contribution is 7.84. The van der Waals surface area contributed by atoms with Crippen molar-refractivity contribution in [3.63, 3.8) is 0 Å². The summed E-state index contributed by atoms with van der Waals surface area (Å²) in [6, 6.07) is 2.21. The highest BCUT2D eigenvalue weighted by Gasteiger charge is 2.21. The zero-order valence-corrected chi connectivity index (χ0v) is 10.7. The topological polar surface area (TPSA) is 29.1 Å². The van der Waals surface area contributed by atoms with Gasteiger partial charge in [-0.1, -0.05) is 0 Å².